The van der Waals surface area contributed by atoms with Crippen molar-refractivity contribution in [3.05, 3.63) is 34.3 Å². The summed E-state index contributed by atoms with van der Waals surface area (Å²) < 4.78 is 25.4. The molecule has 0 aliphatic rings. The summed E-state index contributed by atoms with van der Waals surface area (Å²) in [7, 11) is -3.35. The SMILES string of the molecule is Cc1nc(Cn2c(N)nc3c(S(C)(=O)=O)cccc32)cs1. The average molecular weight is 322 g/mol. The Bertz CT molecular complexity index is 925. The first kappa shape index (κ1) is 14.0. The van der Waals surface area contributed by atoms with E-state index in [4.69, 9.17) is 5.73 Å². The standard InChI is InChI=1S/C13H14N4O2S2/c1-8-15-9(7-20-8)6-17-10-4-3-5-11(21(2,18)19)12(10)16-13(17)14/h3-5,7H,6H2,1-2H3,(H2,14,16). The van der Waals surface area contributed by atoms with Crippen molar-refractivity contribution in [2.45, 2.75) is 18.4 Å². The summed E-state index contributed by atoms with van der Waals surface area (Å²) in [6.07, 6.45) is 1.17. The van der Waals surface area contributed by atoms with E-state index in [-0.39, 0.29) is 10.8 Å². The van der Waals surface area contributed by atoms with Gasteiger partial charge in [0.2, 0.25) is 5.95 Å². The van der Waals surface area contributed by atoms with Gasteiger partial charge in [0.1, 0.15) is 5.52 Å². The molecule has 0 amide bonds. The van der Waals surface area contributed by atoms with Crippen LogP contribution < -0.4 is 5.73 Å². The third-order valence-electron chi connectivity index (χ3n) is 3.16. The van der Waals surface area contributed by atoms with Gasteiger partial charge in [0.15, 0.2) is 9.84 Å². The largest absolute Gasteiger partial charge is 0.369 e. The Morgan fingerprint density at radius 1 is 1.33 bits per heavy atom. The molecule has 2 N–H and O–H groups in total. The number of nitrogens with two attached hydrogens (primary N) is 1. The van der Waals surface area contributed by atoms with Crippen molar-refractivity contribution in [2.75, 3.05) is 12.0 Å². The van der Waals surface area contributed by atoms with Gasteiger partial charge in [0, 0.05) is 11.6 Å². The maximum absolute atomic E-state index is 11.8. The van der Waals surface area contributed by atoms with Gasteiger partial charge in [-0.2, -0.15) is 0 Å². The van der Waals surface area contributed by atoms with Crippen molar-refractivity contribution in [2.24, 2.45) is 0 Å². The van der Waals surface area contributed by atoms with Crippen LogP contribution in [0.25, 0.3) is 11.0 Å². The number of hydrogen-bond acceptors (Lipinski definition) is 6. The van der Waals surface area contributed by atoms with Gasteiger partial charge in [0.25, 0.3) is 0 Å². The van der Waals surface area contributed by atoms with Crippen LogP contribution >= 0.6 is 11.3 Å². The lowest BCUT2D eigenvalue weighted by atomic mass is 10.3. The molecule has 0 saturated heterocycles. The number of fused-ring (bicyclic) bond motifs is 1. The number of thiazole rings is 1. The Morgan fingerprint density at radius 2 is 2.10 bits per heavy atom. The van der Waals surface area contributed by atoms with Crippen molar-refractivity contribution in [3.63, 3.8) is 0 Å². The van der Waals surface area contributed by atoms with E-state index < -0.39 is 9.84 Å². The molecule has 3 aromatic rings. The maximum atomic E-state index is 11.8. The number of imidazole rings is 1. The fourth-order valence-electron chi connectivity index (χ4n) is 2.25. The number of aromatic nitrogens is 3. The van der Waals surface area contributed by atoms with E-state index in [0.29, 0.717) is 17.6 Å². The Balaban J connectivity index is 2.18. The molecule has 0 unspecified atom stereocenters. The molecule has 110 valence electrons. The minimum atomic E-state index is -3.35. The predicted molar refractivity (Wildman–Crippen MR) is 83.2 cm³/mol. The molecule has 0 saturated carbocycles. The molecule has 2 aromatic heterocycles. The topological polar surface area (TPSA) is 90.9 Å². The van der Waals surface area contributed by atoms with Gasteiger partial charge >= 0.3 is 0 Å². The summed E-state index contributed by atoms with van der Waals surface area (Å²) in [4.78, 5) is 8.81. The van der Waals surface area contributed by atoms with Gasteiger partial charge in [-0.05, 0) is 19.1 Å². The molecule has 0 aliphatic carbocycles. The summed E-state index contributed by atoms with van der Waals surface area (Å²) in [5.74, 6) is 0.284. The lowest BCUT2D eigenvalue weighted by molar-refractivity contribution is 0.602. The first-order chi connectivity index (χ1) is 9.86. The van der Waals surface area contributed by atoms with E-state index in [1.54, 1.807) is 28.0 Å². The highest BCUT2D eigenvalue weighted by atomic mass is 32.2. The molecule has 21 heavy (non-hydrogen) atoms. The number of anilines is 1. The van der Waals surface area contributed by atoms with E-state index in [2.05, 4.69) is 9.97 Å². The van der Waals surface area contributed by atoms with Crippen LogP contribution in [0, 0.1) is 6.92 Å². The predicted octanol–water partition coefficient (Wildman–Crippen LogP) is 1.84. The van der Waals surface area contributed by atoms with E-state index in [1.807, 2.05) is 18.4 Å². The summed E-state index contributed by atoms with van der Waals surface area (Å²) in [5.41, 5.74) is 7.94. The highest BCUT2D eigenvalue weighted by Crippen LogP contribution is 2.25. The molecule has 0 aliphatic heterocycles. The molecule has 1 aromatic carbocycles. The van der Waals surface area contributed by atoms with Gasteiger partial charge in [-0.15, -0.1) is 11.3 Å². The fraction of sp³-hybridized carbons (Fsp3) is 0.231. The minimum Gasteiger partial charge on any atom is -0.369 e. The molecule has 8 heteroatoms. The van der Waals surface area contributed by atoms with Crippen LogP contribution in [0.15, 0.2) is 28.5 Å². The zero-order chi connectivity index (χ0) is 15.2. The molecular formula is C13H14N4O2S2. The van der Waals surface area contributed by atoms with Crippen LogP contribution in [0.1, 0.15) is 10.7 Å². The van der Waals surface area contributed by atoms with Crippen molar-refractivity contribution in [1.82, 2.24) is 14.5 Å². The third kappa shape index (κ3) is 2.52. The summed E-state index contributed by atoms with van der Waals surface area (Å²) in [5, 5.41) is 2.94. The van der Waals surface area contributed by atoms with Gasteiger partial charge in [0.05, 0.1) is 27.7 Å². The second kappa shape index (κ2) is 4.81. The van der Waals surface area contributed by atoms with Crippen LogP contribution in [-0.4, -0.2) is 29.2 Å². The zero-order valence-electron chi connectivity index (χ0n) is 11.6. The van der Waals surface area contributed by atoms with Gasteiger partial charge in [-0.25, -0.2) is 18.4 Å². The lowest BCUT2D eigenvalue weighted by Gasteiger charge is -2.04. The summed E-state index contributed by atoms with van der Waals surface area (Å²) in [6, 6.07) is 5.05. The normalized spacial score (nSPS) is 12.1. The van der Waals surface area contributed by atoms with E-state index in [0.717, 1.165) is 10.7 Å². The van der Waals surface area contributed by atoms with Crippen molar-refractivity contribution >= 4 is 38.2 Å². The van der Waals surface area contributed by atoms with Crippen LogP contribution in [0.4, 0.5) is 5.95 Å². The van der Waals surface area contributed by atoms with Crippen LogP contribution in [0.3, 0.4) is 0 Å². The molecule has 2 heterocycles. The quantitative estimate of drug-likeness (QED) is 0.794. The van der Waals surface area contributed by atoms with Crippen molar-refractivity contribution in [1.29, 1.82) is 0 Å². The van der Waals surface area contributed by atoms with E-state index >= 15 is 0 Å². The van der Waals surface area contributed by atoms with Gasteiger partial charge in [-0.3, -0.25) is 0 Å². The zero-order valence-corrected chi connectivity index (χ0v) is 13.2. The Morgan fingerprint density at radius 3 is 2.71 bits per heavy atom. The van der Waals surface area contributed by atoms with Crippen LogP contribution in [-0.2, 0) is 16.4 Å². The number of benzene rings is 1. The number of nitrogen functional groups attached to an aromatic ring is 1. The Labute approximate surface area is 126 Å². The molecule has 0 fully saturated rings. The summed E-state index contributed by atoms with van der Waals surface area (Å²) in [6.45, 7) is 2.41. The van der Waals surface area contributed by atoms with Crippen molar-refractivity contribution in [3.8, 4) is 0 Å². The van der Waals surface area contributed by atoms with E-state index in [1.165, 1.54) is 6.26 Å². The van der Waals surface area contributed by atoms with Gasteiger partial charge in [-0.1, -0.05) is 6.07 Å². The second-order valence-electron chi connectivity index (χ2n) is 4.81. The number of nitrogens with zero attached hydrogens (tertiary/aromatic N) is 3. The molecule has 3 rings (SSSR count). The van der Waals surface area contributed by atoms with E-state index in [9.17, 15) is 8.42 Å². The van der Waals surface area contributed by atoms with Crippen molar-refractivity contribution < 1.29 is 8.42 Å². The third-order valence-corrected chi connectivity index (χ3v) is 5.11. The number of sulfone groups is 1. The lowest BCUT2D eigenvalue weighted by Crippen LogP contribution is -2.05. The number of aryl methyl sites for hydroxylation is 1. The number of rotatable bonds is 3. The summed E-state index contributed by atoms with van der Waals surface area (Å²) >= 11 is 1.56. The van der Waals surface area contributed by atoms with Crippen LogP contribution in [0.5, 0.6) is 0 Å². The first-order valence-corrected chi connectivity index (χ1v) is 8.99. The minimum absolute atomic E-state index is 0.194. The second-order valence-corrected chi connectivity index (χ2v) is 7.86. The molecular weight excluding hydrogens is 308 g/mol. The van der Waals surface area contributed by atoms with Crippen LogP contribution in [0.2, 0.25) is 0 Å². The number of para-hydroxylation sites is 1. The monoisotopic (exact) mass is 322 g/mol. The average Bonchev–Trinajstić information content (AvgIpc) is 2.93. The fourth-order valence-corrected chi connectivity index (χ4v) is 3.68. The molecule has 6 nitrogen and oxygen atoms in total. The molecule has 0 radical (unpaired) electrons. The highest BCUT2D eigenvalue weighted by molar-refractivity contribution is 7.91. The molecule has 0 atom stereocenters. The Kier molecular flexibility index (Phi) is 3.22. The number of hydrogen-bond donors (Lipinski definition) is 1. The first-order valence-electron chi connectivity index (χ1n) is 6.22. The molecule has 0 bridgehead atoms. The molecule has 0 spiro atoms. The maximum Gasteiger partial charge on any atom is 0.201 e. The van der Waals surface area contributed by atoms with Gasteiger partial charge < -0.3 is 10.3 Å². The smallest absolute Gasteiger partial charge is 0.201 e. The highest BCUT2D eigenvalue weighted by Gasteiger charge is 2.18. The Hall–Kier alpha value is -1.93.